The highest BCUT2D eigenvalue weighted by molar-refractivity contribution is 5.31. The Morgan fingerprint density at radius 3 is 2.00 bits per heavy atom. The van der Waals surface area contributed by atoms with Gasteiger partial charge in [-0.1, -0.05) is 26.7 Å². The molecule has 1 fully saturated rings. The molecular weight excluding hydrogens is 350 g/mol. The fourth-order valence-electron chi connectivity index (χ4n) is 4.50. The van der Waals surface area contributed by atoms with Crippen LogP contribution in [0.3, 0.4) is 0 Å². The average Bonchev–Trinajstić information content (AvgIpc) is 2.74. The molecule has 152 valence electrons. The van der Waals surface area contributed by atoms with E-state index in [4.69, 9.17) is 9.47 Å². The predicted molar refractivity (Wildman–Crippen MR) is 112 cm³/mol. The Balaban J connectivity index is 1.92. The van der Waals surface area contributed by atoms with Crippen LogP contribution in [0.25, 0.3) is 0 Å². The molecule has 4 atom stereocenters. The van der Waals surface area contributed by atoms with E-state index in [0.29, 0.717) is 0 Å². The summed E-state index contributed by atoms with van der Waals surface area (Å²) in [5.41, 5.74) is 1.81. The Kier molecular flexibility index (Phi) is 6.63. The highest BCUT2D eigenvalue weighted by Crippen LogP contribution is 2.41. The van der Waals surface area contributed by atoms with Crippen molar-refractivity contribution in [3.63, 3.8) is 0 Å². The SMILES string of the molecule is CCCC[C@@]1(O)C[C@H](c2ccc(OC)cc2)[NH2+][C@H](c2ccc(OC)cc2)[C@@H]1C. The summed E-state index contributed by atoms with van der Waals surface area (Å²) in [7, 11) is 3.38. The minimum absolute atomic E-state index is 0.168. The number of hydrogen-bond acceptors (Lipinski definition) is 3. The first kappa shape index (κ1) is 20.7. The van der Waals surface area contributed by atoms with Crippen molar-refractivity contribution in [3.05, 3.63) is 59.7 Å². The molecular formula is C24H34NO3+. The van der Waals surface area contributed by atoms with E-state index in [1.54, 1.807) is 14.2 Å². The van der Waals surface area contributed by atoms with E-state index in [1.807, 2.05) is 24.3 Å². The maximum atomic E-state index is 11.7. The first-order valence-electron chi connectivity index (χ1n) is 10.4. The normalized spacial score (nSPS) is 27.4. The van der Waals surface area contributed by atoms with E-state index in [0.717, 1.165) is 37.2 Å². The van der Waals surface area contributed by atoms with Gasteiger partial charge >= 0.3 is 0 Å². The summed E-state index contributed by atoms with van der Waals surface area (Å²) in [6.45, 7) is 4.39. The maximum absolute atomic E-state index is 11.7. The van der Waals surface area contributed by atoms with Crippen molar-refractivity contribution in [1.82, 2.24) is 0 Å². The zero-order valence-electron chi connectivity index (χ0n) is 17.5. The minimum atomic E-state index is -0.667. The topological polar surface area (TPSA) is 55.3 Å². The molecule has 3 N–H and O–H groups in total. The van der Waals surface area contributed by atoms with Crippen LogP contribution in [-0.2, 0) is 0 Å². The van der Waals surface area contributed by atoms with Gasteiger partial charge in [0, 0.05) is 23.5 Å². The predicted octanol–water partition coefficient (Wildman–Crippen LogP) is 4.01. The van der Waals surface area contributed by atoms with Gasteiger partial charge in [0.25, 0.3) is 0 Å². The third-order valence-corrected chi connectivity index (χ3v) is 6.41. The standard InChI is InChI=1S/C24H33NO3/c1-5-6-15-24(26)16-22(18-7-11-20(27-3)12-8-18)25-23(17(24)2)19-9-13-21(28-4)14-10-19/h7-14,17,22-23,25-26H,5-6,15-16H2,1-4H3/p+1/t17-,22+,23-,24+/m0/s1. The fourth-order valence-corrected chi connectivity index (χ4v) is 4.50. The summed E-state index contributed by atoms with van der Waals surface area (Å²) in [5, 5.41) is 14.1. The highest BCUT2D eigenvalue weighted by atomic mass is 16.5. The van der Waals surface area contributed by atoms with Gasteiger partial charge in [0.1, 0.15) is 23.6 Å². The van der Waals surface area contributed by atoms with Crippen molar-refractivity contribution in [3.8, 4) is 11.5 Å². The van der Waals surface area contributed by atoms with E-state index >= 15 is 0 Å². The molecule has 1 saturated heterocycles. The van der Waals surface area contributed by atoms with Crippen LogP contribution < -0.4 is 14.8 Å². The average molecular weight is 385 g/mol. The quantitative estimate of drug-likeness (QED) is 0.758. The van der Waals surface area contributed by atoms with Gasteiger partial charge in [0.2, 0.25) is 0 Å². The van der Waals surface area contributed by atoms with Gasteiger partial charge in [0.05, 0.1) is 19.8 Å². The van der Waals surface area contributed by atoms with Gasteiger partial charge in [-0.15, -0.1) is 0 Å². The summed E-state index contributed by atoms with van der Waals surface area (Å²) in [5.74, 6) is 1.89. The summed E-state index contributed by atoms with van der Waals surface area (Å²) < 4.78 is 10.6. The van der Waals surface area contributed by atoms with E-state index < -0.39 is 5.60 Å². The molecule has 0 saturated carbocycles. The number of aliphatic hydroxyl groups is 1. The summed E-state index contributed by atoms with van der Waals surface area (Å²) in [4.78, 5) is 0. The molecule has 0 radical (unpaired) electrons. The number of nitrogens with two attached hydrogens (primary N) is 1. The summed E-state index contributed by atoms with van der Waals surface area (Å²) >= 11 is 0. The van der Waals surface area contributed by atoms with Crippen LogP contribution >= 0.6 is 0 Å². The van der Waals surface area contributed by atoms with Gasteiger partial charge in [0.15, 0.2) is 0 Å². The highest BCUT2D eigenvalue weighted by Gasteiger charge is 2.48. The Bertz CT molecular complexity index is 743. The molecule has 0 spiro atoms. The molecule has 1 heterocycles. The van der Waals surface area contributed by atoms with Crippen molar-refractivity contribution < 1.29 is 19.9 Å². The number of hydrogen-bond donors (Lipinski definition) is 2. The Morgan fingerprint density at radius 2 is 1.50 bits per heavy atom. The molecule has 0 bridgehead atoms. The lowest BCUT2D eigenvalue weighted by atomic mass is 9.70. The molecule has 4 heteroatoms. The molecule has 0 aromatic heterocycles. The van der Waals surface area contributed by atoms with Crippen LogP contribution in [0, 0.1) is 5.92 Å². The van der Waals surface area contributed by atoms with Crippen LogP contribution in [0.1, 0.15) is 62.7 Å². The number of unbranched alkanes of at least 4 members (excludes halogenated alkanes) is 1. The summed E-state index contributed by atoms with van der Waals surface area (Å²) in [6.07, 6.45) is 3.76. The molecule has 2 aromatic carbocycles. The number of rotatable bonds is 7. The number of methoxy groups -OCH3 is 2. The molecule has 4 nitrogen and oxygen atoms in total. The van der Waals surface area contributed by atoms with E-state index in [2.05, 4.69) is 43.4 Å². The monoisotopic (exact) mass is 384 g/mol. The second-order valence-corrected chi connectivity index (χ2v) is 8.07. The smallest absolute Gasteiger partial charge is 0.118 e. The van der Waals surface area contributed by atoms with Crippen molar-refractivity contribution >= 4 is 0 Å². The fraction of sp³-hybridized carbons (Fsp3) is 0.500. The molecule has 1 aliphatic rings. The molecule has 3 rings (SSSR count). The molecule has 0 unspecified atom stereocenters. The third kappa shape index (κ3) is 4.34. The van der Waals surface area contributed by atoms with Crippen LogP contribution in [-0.4, -0.2) is 24.9 Å². The van der Waals surface area contributed by atoms with Gasteiger partial charge in [-0.3, -0.25) is 0 Å². The maximum Gasteiger partial charge on any atom is 0.118 e. The van der Waals surface area contributed by atoms with Gasteiger partial charge in [-0.05, 0) is 55.0 Å². The molecule has 0 aliphatic carbocycles. The van der Waals surface area contributed by atoms with E-state index in [1.165, 1.54) is 11.1 Å². The second-order valence-electron chi connectivity index (χ2n) is 8.07. The third-order valence-electron chi connectivity index (χ3n) is 6.41. The lowest BCUT2D eigenvalue weighted by Crippen LogP contribution is -2.91. The lowest BCUT2D eigenvalue weighted by molar-refractivity contribution is -0.756. The van der Waals surface area contributed by atoms with Crippen molar-refractivity contribution in [2.45, 2.75) is 57.2 Å². The zero-order chi connectivity index (χ0) is 20.1. The molecule has 28 heavy (non-hydrogen) atoms. The second kappa shape index (κ2) is 8.97. The molecule has 1 aliphatic heterocycles. The number of ether oxygens (including phenoxy) is 2. The Labute approximate surface area is 168 Å². The van der Waals surface area contributed by atoms with Gasteiger partial charge < -0.3 is 19.9 Å². The van der Waals surface area contributed by atoms with Crippen molar-refractivity contribution in [1.29, 1.82) is 0 Å². The van der Waals surface area contributed by atoms with E-state index in [-0.39, 0.29) is 18.0 Å². The van der Waals surface area contributed by atoms with Gasteiger partial charge in [-0.25, -0.2) is 0 Å². The zero-order valence-corrected chi connectivity index (χ0v) is 17.5. The van der Waals surface area contributed by atoms with Crippen molar-refractivity contribution in [2.24, 2.45) is 5.92 Å². The number of benzene rings is 2. The Hall–Kier alpha value is -2.04. The molecule has 2 aromatic rings. The first-order valence-corrected chi connectivity index (χ1v) is 10.4. The van der Waals surface area contributed by atoms with Crippen LogP contribution in [0.2, 0.25) is 0 Å². The van der Waals surface area contributed by atoms with Crippen molar-refractivity contribution in [2.75, 3.05) is 14.2 Å². The first-order chi connectivity index (χ1) is 13.5. The van der Waals surface area contributed by atoms with Gasteiger partial charge in [-0.2, -0.15) is 0 Å². The Morgan fingerprint density at radius 1 is 0.964 bits per heavy atom. The largest absolute Gasteiger partial charge is 0.497 e. The number of quaternary nitrogens is 1. The minimum Gasteiger partial charge on any atom is -0.497 e. The summed E-state index contributed by atoms with van der Waals surface area (Å²) in [6, 6.07) is 17.0. The lowest BCUT2D eigenvalue weighted by Gasteiger charge is -2.45. The molecule has 0 amide bonds. The van der Waals surface area contributed by atoms with Crippen LogP contribution in [0.4, 0.5) is 0 Å². The van der Waals surface area contributed by atoms with Crippen LogP contribution in [0.15, 0.2) is 48.5 Å². The van der Waals surface area contributed by atoms with Crippen LogP contribution in [0.5, 0.6) is 11.5 Å². The van der Waals surface area contributed by atoms with E-state index in [9.17, 15) is 5.11 Å². The number of piperidine rings is 1.